The first-order valence-corrected chi connectivity index (χ1v) is 8.04. The van der Waals surface area contributed by atoms with Crippen LogP contribution in [0.1, 0.15) is 18.1 Å². The zero-order chi connectivity index (χ0) is 17.8. The highest BCUT2D eigenvalue weighted by atomic mass is 35.5. The van der Waals surface area contributed by atoms with Crippen molar-refractivity contribution in [1.29, 1.82) is 5.26 Å². The molecular formula is C19H15ClN2O3. The van der Waals surface area contributed by atoms with Gasteiger partial charge in [-0.15, -0.1) is 0 Å². The van der Waals surface area contributed by atoms with E-state index in [1.54, 1.807) is 37.4 Å². The van der Waals surface area contributed by atoms with Crippen molar-refractivity contribution in [2.45, 2.75) is 19.6 Å². The number of benzene rings is 1. The van der Waals surface area contributed by atoms with E-state index in [9.17, 15) is 10.1 Å². The van der Waals surface area contributed by atoms with Crippen molar-refractivity contribution in [3.05, 3.63) is 71.0 Å². The molecule has 1 unspecified atom stereocenters. The summed E-state index contributed by atoms with van der Waals surface area (Å²) >= 11 is 5.89. The molecule has 0 bridgehead atoms. The van der Waals surface area contributed by atoms with Crippen LogP contribution in [0.25, 0.3) is 5.52 Å². The Morgan fingerprint density at radius 3 is 2.92 bits per heavy atom. The van der Waals surface area contributed by atoms with Gasteiger partial charge in [0.2, 0.25) is 0 Å². The summed E-state index contributed by atoms with van der Waals surface area (Å²) in [4.78, 5) is 12.2. The van der Waals surface area contributed by atoms with Gasteiger partial charge >= 0.3 is 5.97 Å². The number of nitrogens with zero attached hydrogens (tertiary/aromatic N) is 2. The van der Waals surface area contributed by atoms with Gasteiger partial charge < -0.3 is 13.9 Å². The third-order valence-corrected chi connectivity index (χ3v) is 3.92. The second-order valence-electron chi connectivity index (χ2n) is 5.46. The van der Waals surface area contributed by atoms with E-state index in [0.29, 0.717) is 21.9 Å². The normalized spacial score (nSPS) is 11.7. The molecule has 2 heterocycles. The second kappa shape index (κ2) is 7.29. The van der Waals surface area contributed by atoms with E-state index >= 15 is 0 Å². The lowest BCUT2D eigenvalue weighted by Crippen LogP contribution is -2.26. The zero-order valence-electron chi connectivity index (χ0n) is 13.5. The summed E-state index contributed by atoms with van der Waals surface area (Å²) in [6.45, 7) is 1.61. The summed E-state index contributed by atoms with van der Waals surface area (Å²) in [6, 6.07) is 14.5. The largest absolute Gasteiger partial charge is 0.479 e. The lowest BCUT2D eigenvalue weighted by molar-refractivity contribution is -0.152. The van der Waals surface area contributed by atoms with E-state index < -0.39 is 12.1 Å². The maximum Gasteiger partial charge on any atom is 0.347 e. The average molecular weight is 355 g/mol. The topological polar surface area (TPSA) is 63.7 Å². The van der Waals surface area contributed by atoms with E-state index in [0.717, 1.165) is 5.52 Å². The molecule has 1 aromatic carbocycles. The van der Waals surface area contributed by atoms with Crippen LogP contribution < -0.4 is 4.74 Å². The number of rotatable bonds is 5. The van der Waals surface area contributed by atoms with Crippen LogP contribution in [0.2, 0.25) is 5.02 Å². The highest BCUT2D eigenvalue weighted by Crippen LogP contribution is 2.20. The number of hydrogen-bond donors (Lipinski definition) is 0. The molecule has 0 N–H and O–H groups in total. The van der Waals surface area contributed by atoms with Crippen LogP contribution in [0.15, 0.2) is 54.9 Å². The predicted octanol–water partition coefficient (Wildman–Crippen LogP) is 3.98. The SMILES string of the molecule is CC(Oc1cccc(Cl)c1)C(=O)OCc1cn2ccccc2c1C#N. The van der Waals surface area contributed by atoms with Gasteiger partial charge in [0.1, 0.15) is 18.4 Å². The van der Waals surface area contributed by atoms with Gasteiger partial charge in [-0.2, -0.15) is 5.26 Å². The number of nitriles is 1. The number of aromatic nitrogens is 1. The van der Waals surface area contributed by atoms with E-state index in [-0.39, 0.29) is 6.61 Å². The van der Waals surface area contributed by atoms with Gasteiger partial charge in [0.05, 0.1) is 11.1 Å². The number of ether oxygens (including phenoxy) is 2. The van der Waals surface area contributed by atoms with Crippen LogP contribution in [0.5, 0.6) is 5.75 Å². The van der Waals surface area contributed by atoms with Gasteiger partial charge in [-0.1, -0.05) is 23.7 Å². The molecule has 0 aliphatic carbocycles. The average Bonchev–Trinajstić information content (AvgIpc) is 2.97. The maximum absolute atomic E-state index is 12.2. The molecule has 0 spiro atoms. The van der Waals surface area contributed by atoms with E-state index in [2.05, 4.69) is 6.07 Å². The molecule has 0 amide bonds. The van der Waals surface area contributed by atoms with E-state index in [1.165, 1.54) is 0 Å². The number of carbonyl (C=O) groups excluding carboxylic acids is 1. The molecule has 2 aromatic heterocycles. The number of fused-ring (bicyclic) bond motifs is 1. The van der Waals surface area contributed by atoms with Crippen LogP contribution in [-0.2, 0) is 16.1 Å². The molecule has 1 atom stereocenters. The first-order chi connectivity index (χ1) is 12.1. The van der Waals surface area contributed by atoms with Gasteiger partial charge in [-0.05, 0) is 37.3 Å². The van der Waals surface area contributed by atoms with Crippen molar-refractivity contribution in [1.82, 2.24) is 4.40 Å². The van der Waals surface area contributed by atoms with Gasteiger partial charge in [0.15, 0.2) is 6.10 Å². The first kappa shape index (κ1) is 16.9. The fourth-order valence-electron chi connectivity index (χ4n) is 2.47. The fraction of sp³-hybridized carbons (Fsp3) is 0.158. The lowest BCUT2D eigenvalue weighted by atomic mass is 10.2. The van der Waals surface area contributed by atoms with Gasteiger partial charge in [-0.3, -0.25) is 0 Å². The van der Waals surface area contributed by atoms with Crippen molar-refractivity contribution in [3.63, 3.8) is 0 Å². The first-order valence-electron chi connectivity index (χ1n) is 7.66. The molecule has 0 saturated carbocycles. The quantitative estimate of drug-likeness (QED) is 0.650. The highest BCUT2D eigenvalue weighted by Gasteiger charge is 2.18. The van der Waals surface area contributed by atoms with Crippen LogP contribution in [0.4, 0.5) is 0 Å². The summed E-state index contributed by atoms with van der Waals surface area (Å²) in [5.74, 6) is -0.0246. The molecule has 0 aliphatic rings. The van der Waals surface area contributed by atoms with Crippen molar-refractivity contribution >= 4 is 23.1 Å². The molecule has 0 saturated heterocycles. The number of carbonyl (C=O) groups is 1. The van der Waals surface area contributed by atoms with Gasteiger partial charge in [0, 0.05) is 23.0 Å². The van der Waals surface area contributed by atoms with Crippen LogP contribution >= 0.6 is 11.6 Å². The summed E-state index contributed by atoms with van der Waals surface area (Å²) in [5.41, 5.74) is 1.92. The standard InChI is InChI=1S/C19H15ClN2O3/c1-13(25-16-6-4-5-15(20)9-16)19(23)24-12-14-11-22-8-3-2-7-18(22)17(14)10-21/h2-9,11,13H,12H2,1H3. The Morgan fingerprint density at radius 1 is 1.32 bits per heavy atom. The molecule has 0 fully saturated rings. The zero-order valence-corrected chi connectivity index (χ0v) is 14.2. The van der Waals surface area contributed by atoms with Crippen LogP contribution in [0.3, 0.4) is 0 Å². The summed E-state index contributed by atoms with van der Waals surface area (Å²) in [5, 5.41) is 9.88. The van der Waals surface area contributed by atoms with Crippen LogP contribution in [0, 0.1) is 11.3 Å². The Bertz CT molecular complexity index is 959. The molecule has 3 rings (SSSR count). The number of pyridine rings is 1. The molecule has 0 radical (unpaired) electrons. The molecule has 126 valence electrons. The van der Waals surface area contributed by atoms with Gasteiger partial charge in [0.25, 0.3) is 0 Å². The molecule has 25 heavy (non-hydrogen) atoms. The van der Waals surface area contributed by atoms with Crippen molar-refractivity contribution < 1.29 is 14.3 Å². The minimum atomic E-state index is -0.791. The number of esters is 1. The molecule has 5 nitrogen and oxygen atoms in total. The lowest BCUT2D eigenvalue weighted by Gasteiger charge is -2.14. The number of hydrogen-bond acceptors (Lipinski definition) is 4. The second-order valence-corrected chi connectivity index (χ2v) is 5.90. The molecule has 3 aromatic rings. The summed E-state index contributed by atoms with van der Waals surface area (Å²) < 4.78 is 12.7. The minimum absolute atomic E-state index is 0.00660. The van der Waals surface area contributed by atoms with Crippen LogP contribution in [-0.4, -0.2) is 16.5 Å². The maximum atomic E-state index is 12.2. The summed E-state index contributed by atoms with van der Waals surface area (Å²) in [6.07, 6.45) is 2.83. The molecular weight excluding hydrogens is 340 g/mol. The third-order valence-electron chi connectivity index (χ3n) is 3.68. The van der Waals surface area contributed by atoms with Crippen molar-refractivity contribution in [3.8, 4) is 11.8 Å². The fourth-order valence-corrected chi connectivity index (χ4v) is 2.66. The Balaban J connectivity index is 1.67. The smallest absolute Gasteiger partial charge is 0.347 e. The Hall–Kier alpha value is -2.97. The molecule has 6 heteroatoms. The molecule has 0 aliphatic heterocycles. The minimum Gasteiger partial charge on any atom is -0.479 e. The highest BCUT2D eigenvalue weighted by molar-refractivity contribution is 6.30. The van der Waals surface area contributed by atoms with Gasteiger partial charge in [-0.25, -0.2) is 4.79 Å². The number of halogens is 1. The Labute approximate surface area is 150 Å². The monoisotopic (exact) mass is 354 g/mol. The Morgan fingerprint density at radius 2 is 2.16 bits per heavy atom. The van der Waals surface area contributed by atoms with Crippen molar-refractivity contribution in [2.75, 3.05) is 0 Å². The van der Waals surface area contributed by atoms with Crippen molar-refractivity contribution in [2.24, 2.45) is 0 Å². The summed E-state index contributed by atoms with van der Waals surface area (Å²) in [7, 11) is 0. The van der Waals surface area contributed by atoms with E-state index in [1.807, 2.05) is 28.8 Å². The Kier molecular flexibility index (Phi) is 4.92. The third kappa shape index (κ3) is 3.76. The van der Waals surface area contributed by atoms with E-state index in [4.69, 9.17) is 21.1 Å². The predicted molar refractivity (Wildman–Crippen MR) is 93.5 cm³/mol.